The average molecular weight is 314 g/mol. The quantitative estimate of drug-likeness (QED) is 0.760. The molecule has 4 N–H and O–H groups in total. The molecule has 0 heterocycles. The minimum atomic E-state index is -1.04. The maximum atomic E-state index is 11.7. The van der Waals surface area contributed by atoms with Crippen molar-refractivity contribution in [1.29, 1.82) is 0 Å². The number of rotatable bonds is 6. The molecule has 2 aromatic carbocycles. The second-order valence-corrected chi connectivity index (χ2v) is 5.03. The summed E-state index contributed by atoms with van der Waals surface area (Å²) in [6, 6.07) is 15.2. The Labute approximate surface area is 133 Å². The summed E-state index contributed by atoms with van der Waals surface area (Å²) >= 11 is 0. The second-order valence-electron chi connectivity index (χ2n) is 5.03. The molecule has 0 radical (unpaired) electrons. The van der Waals surface area contributed by atoms with Gasteiger partial charge in [-0.3, -0.25) is 10.1 Å². The molecule has 1 atom stereocenters. The van der Waals surface area contributed by atoms with Gasteiger partial charge in [0.2, 0.25) is 0 Å². The number of hydrogen-bond donors (Lipinski definition) is 3. The van der Waals surface area contributed by atoms with Gasteiger partial charge < -0.3 is 15.6 Å². The van der Waals surface area contributed by atoms with E-state index in [-0.39, 0.29) is 13.0 Å². The predicted molar refractivity (Wildman–Crippen MR) is 86.0 cm³/mol. The van der Waals surface area contributed by atoms with E-state index in [2.05, 4.69) is 5.32 Å². The standard InChI is InChI=1S/C17H18N2O4/c18-15(16(20)21)10-12-6-8-14(9-7-12)19-17(22)23-11-13-4-2-1-3-5-13/h1-9,15H,10-11,18H2,(H,19,22)(H,20,21)/t15-/m0/s1. The van der Waals surface area contributed by atoms with Crippen molar-refractivity contribution >= 4 is 17.7 Å². The van der Waals surface area contributed by atoms with Gasteiger partial charge in [-0.25, -0.2) is 4.79 Å². The Morgan fingerprint density at radius 3 is 2.30 bits per heavy atom. The van der Waals surface area contributed by atoms with Crippen molar-refractivity contribution in [2.24, 2.45) is 5.73 Å². The van der Waals surface area contributed by atoms with E-state index in [1.807, 2.05) is 30.3 Å². The first-order valence-electron chi connectivity index (χ1n) is 7.09. The molecular formula is C17H18N2O4. The molecule has 0 saturated carbocycles. The predicted octanol–water partition coefficient (Wildman–Crippen LogP) is 2.39. The molecule has 1 amide bonds. The van der Waals surface area contributed by atoms with Gasteiger partial charge in [0.25, 0.3) is 0 Å². The SMILES string of the molecule is N[C@@H](Cc1ccc(NC(=O)OCc2ccccc2)cc1)C(=O)O. The first-order chi connectivity index (χ1) is 11.0. The van der Waals surface area contributed by atoms with E-state index in [0.717, 1.165) is 11.1 Å². The van der Waals surface area contributed by atoms with Crippen LogP contribution in [0.4, 0.5) is 10.5 Å². The van der Waals surface area contributed by atoms with Crippen molar-refractivity contribution in [2.75, 3.05) is 5.32 Å². The van der Waals surface area contributed by atoms with Crippen LogP contribution in [0.2, 0.25) is 0 Å². The van der Waals surface area contributed by atoms with Crippen molar-refractivity contribution in [3.05, 3.63) is 65.7 Å². The summed E-state index contributed by atoms with van der Waals surface area (Å²) < 4.78 is 5.11. The minimum Gasteiger partial charge on any atom is -0.480 e. The van der Waals surface area contributed by atoms with E-state index in [9.17, 15) is 9.59 Å². The van der Waals surface area contributed by atoms with Gasteiger partial charge in [0, 0.05) is 5.69 Å². The van der Waals surface area contributed by atoms with Crippen molar-refractivity contribution in [2.45, 2.75) is 19.1 Å². The van der Waals surface area contributed by atoms with Gasteiger partial charge in [0.15, 0.2) is 0 Å². The summed E-state index contributed by atoms with van der Waals surface area (Å²) in [6.45, 7) is 0.193. The maximum Gasteiger partial charge on any atom is 0.411 e. The molecule has 0 spiro atoms. The van der Waals surface area contributed by atoms with Gasteiger partial charge in [-0.1, -0.05) is 42.5 Å². The number of amides is 1. The van der Waals surface area contributed by atoms with E-state index in [0.29, 0.717) is 5.69 Å². The fourth-order valence-electron chi connectivity index (χ4n) is 1.94. The third kappa shape index (κ3) is 5.44. The van der Waals surface area contributed by atoms with Crippen LogP contribution in [0, 0.1) is 0 Å². The zero-order valence-corrected chi connectivity index (χ0v) is 12.4. The summed E-state index contributed by atoms with van der Waals surface area (Å²) in [6.07, 6.45) is -0.322. The summed E-state index contributed by atoms with van der Waals surface area (Å²) in [5.74, 6) is -1.04. The highest BCUT2D eigenvalue weighted by Crippen LogP contribution is 2.12. The molecule has 2 rings (SSSR count). The number of nitrogens with two attached hydrogens (primary N) is 1. The van der Waals surface area contributed by atoms with Crippen LogP contribution in [0.25, 0.3) is 0 Å². The fourth-order valence-corrected chi connectivity index (χ4v) is 1.94. The molecule has 0 saturated heterocycles. The Bertz CT molecular complexity index is 656. The molecule has 6 nitrogen and oxygen atoms in total. The highest BCUT2D eigenvalue weighted by Gasteiger charge is 2.12. The third-order valence-electron chi connectivity index (χ3n) is 3.19. The zero-order chi connectivity index (χ0) is 16.7. The largest absolute Gasteiger partial charge is 0.480 e. The normalized spacial score (nSPS) is 11.5. The smallest absolute Gasteiger partial charge is 0.411 e. The van der Waals surface area contributed by atoms with Crippen molar-refractivity contribution in [3.8, 4) is 0 Å². The van der Waals surface area contributed by atoms with E-state index in [4.69, 9.17) is 15.6 Å². The lowest BCUT2D eigenvalue weighted by Gasteiger charge is -2.09. The molecule has 0 bridgehead atoms. The number of carbonyl (C=O) groups excluding carboxylic acids is 1. The highest BCUT2D eigenvalue weighted by molar-refractivity contribution is 5.84. The molecule has 0 aliphatic rings. The number of benzene rings is 2. The summed E-state index contributed by atoms with van der Waals surface area (Å²) in [5, 5.41) is 11.4. The van der Waals surface area contributed by atoms with E-state index >= 15 is 0 Å². The Balaban J connectivity index is 1.83. The van der Waals surface area contributed by atoms with Crippen molar-refractivity contribution < 1.29 is 19.4 Å². The molecule has 6 heteroatoms. The maximum absolute atomic E-state index is 11.7. The number of hydrogen-bond acceptors (Lipinski definition) is 4. The first-order valence-corrected chi connectivity index (χ1v) is 7.09. The van der Waals surface area contributed by atoms with Crippen LogP contribution in [0.1, 0.15) is 11.1 Å². The van der Waals surface area contributed by atoms with Gasteiger partial charge >= 0.3 is 12.1 Å². The summed E-state index contributed by atoms with van der Waals surface area (Å²) in [4.78, 5) is 22.4. The van der Waals surface area contributed by atoms with E-state index in [1.165, 1.54) is 0 Å². The second kappa shape index (κ2) is 7.95. The van der Waals surface area contributed by atoms with Crippen LogP contribution in [0.3, 0.4) is 0 Å². The van der Waals surface area contributed by atoms with Gasteiger partial charge in [0.05, 0.1) is 0 Å². The van der Waals surface area contributed by atoms with Gasteiger partial charge in [-0.2, -0.15) is 0 Å². The van der Waals surface area contributed by atoms with Crippen molar-refractivity contribution in [3.63, 3.8) is 0 Å². The van der Waals surface area contributed by atoms with Gasteiger partial charge in [-0.05, 0) is 29.7 Å². The minimum absolute atomic E-state index is 0.193. The Hall–Kier alpha value is -2.86. The molecule has 2 aromatic rings. The highest BCUT2D eigenvalue weighted by atomic mass is 16.5. The number of carboxylic acid groups (broad SMARTS) is 1. The van der Waals surface area contributed by atoms with E-state index in [1.54, 1.807) is 24.3 Å². The molecule has 0 fully saturated rings. The molecule has 0 aliphatic carbocycles. The monoisotopic (exact) mass is 314 g/mol. The average Bonchev–Trinajstić information content (AvgIpc) is 2.55. The van der Waals surface area contributed by atoms with Crippen LogP contribution in [0.15, 0.2) is 54.6 Å². The third-order valence-corrected chi connectivity index (χ3v) is 3.19. The topological polar surface area (TPSA) is 102 Å². The lowest BCUT2D eigenvalue weighted by Crippen LogP contribution is -2.32. The van der Waals surface area contributed by atoms with E-state index < -0.39 is 18.1 Å². The van der Waals surface area contributed by atoms with Crippen LogP contribution in [-0.2, 0) is 22.6 Å². The zero-order valence-electron chi connectivity index (χ0n) is 12.4. The summed E-state index contributed by atoms with van der Waals surface area (Å²) in [7, 11) is 0. The number of nitrogens with one attached hydrogen (secondary N) is 1. The van der Waals surface area contributed by atoms with Crippen LogP contribution < -0.4 is 11.1 Å². The Morgan fingerprint density at radius 1 is 1.04 bits per heavy atom. The van der Waals surface area contributed by atoms with Crippen molar-refractivity contribution in [1.82, 2.24) is 0 Å². The van der Waals surface area contributed by atoms with Crippen LogP contribution in [0.5, 0.6) is 0 Å². The molecule has 120 valence electrons. The lowest BCUT2D eigenvalue weighted by atomic mass is 10.1. The Kier molecular flexibility index (Phi) is 5.71. The number of carboxylic acids is 1. The van der Waals surface area contributed by atoms with Crippen LogP contribution >= 0.6 is 0 Å². The van der Waals surface area contributed by atoms with Gasteiger partial charge in [0.1, 0.15) is 12.6 Å². The number of carbonyl (C=O) groups is 2. The Morgan fingerprint density at radius 2 is 1.70 bits per heavy atom. The molecule has 0 unspecified atom stereocenters. The number of ether oxygens (including phenoxy) is 1. The summed E-state index contributed by atoms with van der Waals surface area (Å²) in [5.41, 5.74) is 7.72. The molecular weight excluding hydrogens is 296 g/mol. The lowest BCUT2D eigenvalue weighted by molar-refractivity contribution is -0.138. The molecule has 23 heavy (non-hydrogen) atoms. The first kappa shape index (κ1) is 16.5. The van der Waals surface area contributed by atoms with Crippen LogP contribution in [-0.4, -0.2) is 23.2 Å². The number of anilines is 1. The fraction of sp³-hybridized carbons (Fsp3) is 0.176. The molecule has 0 aliphatic heterocycles. The van der Waals surface area contributed by atoms with Gasteiger partial charge in [-0.15, -0.1) is 0 Å². The number of aliphatic carboxylic acids is 1. The molecule has 0 aromatic heterocycles.